The minimum Gasteiger partial charge on any atom is -0.325 e. The van der Waals surface area contributed by atoms with E-state index in [1.807, 2.05) is 0 Å². The normalized spacial score (nSPS) is 46.8. The van der Waals surface area contributed by atoms with Crippen LogP contribution in [0.15, 0.2) is 0 Å². The van der Waals surface area contributed by atoms with Gasteiger partial charge in [-0.1, -0.05) is 0 Å². The van der Waals surface area contributed by atoms with Gasteiger partial charge in [0.15, 0.2) is 0 Å². The average molecular weight is 190 g/mol. The van der Waals surface area contributed by atoms with E-state index in [9.17, 15) is 8.42 Å². The van der Waals surface area contributed by atoms with Crippen LogP contribution >= 0.6 is 0 Å². The lowest BCUT2D eigenvalue weighted by molar-refractivity contribution is 0.422. The van der Waals surface area contributed by atoms with Gasteiger partial charge in [-0.15, -0.1) is 0 Å². The Morgan fingerprint density at radius 2 is 2.08 bits per heavy atom. The molecule has 0 aromatic rings. The van der Waals surface area contributed by atoms with Crippen LogP contribution in [0.1, 0.15) is 25.7 Å². The van der Waals surface area contributed by atoms with Crippen LogP contribution in [-0.2, 0) is 10.0 Å². The molecule has 0 heterocycles. The number of sulfonamides is 1. The molecule has 2 rings (SSSR count). The van der Waals surface area contributed by atoms with Gasteiger partial charge in [0, 0.05) is 5.54 Å². The van der Waals surface area contributed by atoms with E-state index in [0.717, 1.165) is 12.8 Å². The molecular weight excluding hydrogens is 176 g/mol. The predicted molar refractivity (Wildman–Crippen MR) is 45.8 cm³/mol. The Labute approximate surface area is 72.4 Å². The molecule has 2 fully saturated rings. The van der Waals surface area contributed by atoms with Crippen molar-refractivity contribution in [2.24, 2.45) is 16.8 Å². The molecular formula is C7H14N2O2S. The summed E-state index contributed by atoms with van der Waals surface area (Å²) < 4.78 is 22.0. The van der Waals surface area contributed by atoms with Crippen molar-refractivity contribution in [1.82, 2.24) is 0 Å². The van der Waals surface area contributed by atoms with E-state index < -0.39 is 10.0 Å². The van der Waals surface area contributed by atoms with Crippen LogP contribution in [0.25, 0.3) is 0 Å². The number of hydrogen-bond donors (Lipinski definition) is 2. The van der Waals surface area contributed by atoms with Crippen molar-refractivity contribution in [3.63, 3.8) is 0 Å². The number of fused-ring (bicyclic) bond motifs is 1. The zero-order valence-electron chi connectivity index (χ0n) is 6.86. The molecule has 0 saturated heterocycles. The third-order valence-electron chi connectivity index (χ3n) is 3.22. The predicted octanol–water partition coefficient (Wildman–Crippen LogP) is -0.455. The third-order valence-corrected chi connectivity index (χ3v) is 4.58. The third kappa shape index (κ3) is 1.26. The maximum absolute atomic E-state index is 11.0. The number of rotatable bonds is 1. The first-order valence-electron chi connectivity index (χ1n) is 4.22. The molecule has 4 N–H and O–H groups in total. The van der Waals surface area contributed by atoms with Gasteiger partial charge >= 0.3 is 0 Å². The number of primary sulfonamides is 1. The van der Waals surface area contributed by atoms with Crippen molar-refractivity contribution >= 4 is 10.0 Å². The van der Waals surface area contributed by atoms with E-state index in [0.29, 0.717) is 18.8 Å². The fourth-order valence-corrected chi connectivity index (χ4v) is 3.13. The maximum Gasteiger partial charge on any atom is 0.211 e. The van der Waals surface area contributed by atoms with E-state index in [1.54, 1.807) is 0 Å². The standard InChI is InChI=1S/C7H14N2O2S/c8-7-2-1-6(12(9,10)11)3-5(7)4-7/h5-6H,1-4,8H2,(H2,9,10,11). The summed E-state index contributed by atoms with van der Waals surface area (Å²) in [5, 5.41) is 4.73. The average Bonchev–Trinajstić information content (AvgIpc) is 2.56. The monoisotopic (exact) mass is 190 g/mol. The van der Waals surface area contributed by atoms with Crippen molar-refractivity contribution in [2.45, 2.75) is 36.5 Å². The zero-order chi connectivity index (χ0) is 8.98. The lowest BCUT2D eigenvalue weighted by atomic mass is 9.96. The summed E-state index contributed by atoms with van der Waals surface area (Å²) in [5.74, 6) is 0.412. The maximum atomic E-state index is 11.0. The SMILES string of the molecule is NC12CCC(S(N)(=O)=O)CC1C2. The Kier molecular flexibility index (Phi) is 1.56. The van der Waals surface area contributed by atoms with E-state index >= 15 is 0 Å². The van der Waals surface area contributed by atoms with Crippen molar-refractivity contribution in [3.05, 3.63) is 0 Å². The minimum atomic E-state index is -3.31. The van der Waals surface area contributed by atoms with Crippen LogP contribution in [-0.4, -0.2) is 19.2 Å². The summed E-state index contributed by atoms with van der Waals surface area (Å²) in [6, 6.07) is 0. The van der Waals surface area contributed by atoms with Crippen LogP contribution < -0.4 is 10.9 Å². The minimum absolute atomic E-state index is 0.0266. The molecule has 0 bridgehead atoms. The van der Waals surface area contributed by atoms with Crippen molar-refractivity contribution in [1.29, 1.82) is 0 Å². The van der Waals surface area contributed by atoms with E-state index in [1.165, 1.54) is 0 Å². The van der Waals surface area contributed by atoms with Gasteiger partial charge < -0.3 is 5.73 Å². The Bertz CT molecular complexity index is 301. The summed E-state index contributed by atoms with van der Waals surface area (Å²) in [6.45, 7) is 0. The summed E-state index contributed by atoms with van der Waals surface area (Å²) >= 11 is 0. The van der Waals surface area contributed by atoms with Crippen LogP contribution in [0.2, 0.25) is 0 Å². The van der Waals surface area contributed by atoms with Gasteiger partial charge in [0.25, 0.3) is 0 Å². The molecule has 70 valence electrons. The molecule has 0 aromatic heterocycles. The molecule has 3 atom stereocenters. The molecule has 2 aliphatic carbocycles. The molecule has 0 radical (unpaired) electrons. The van der Waals surface area contributed by atoms with Crippen molar-refractivity contribution in [3.8, 4) is 0 Å². The van der Waals surface area contributed by atoms with Gasteiger partial charge in [-0.25, -0.2) is 13.6 Å². The first kappa shape index (κ1) is 8.47. The fourth-order valence-electron chi connectivity index (χ4n) is 2.19. The number of nitrogens with two attached hydrogens (primary N) is 2. The largest absolute Gasteiger partial charge is 0.325 e. The second-order valence-corrected chi connectivity index (χ2v) is 5.96. The molecule has 0 amide bonds. The summed E-state index contributed by atoms with van der Waals surface area (Å²) in [7, 11) is -3.31. The highest BCUT2D eigenvalue weighted by atomic mass is 32.2. The van der Waals surface area contributed by atoms with Crippen LogP contribution in [0.5, 0.6) is 0 Å². The van der Waals surface area contributed by atoms with E-state index in [-0.39, 0.29) is 10.8 Å². The Morgan fingerprint density at radius 1 is 1.42 bits per heavy atom. The second-order valence-electron chi connectivity index (χ2n) is 4.12. The van der Waals surface area contributed by atoms with Crippen molar-refractivity contribution in [2.75, 3.05) is 0 Å². The first-order valence-corrected chi connectivity index (χ1v) is 5.83. The van der Waals surface area contributed by atoms with Gasteiger partial charge in [-0.05, 0) is 31.6 Å². The molecule has 0 aromatic carbocycles. The Hall–Kier alpha value is -0.130. The topological polar surface area (TPSA) is 86.2 Å². The molecule has 2 saturated carbocycles. The molecule has 2 aliphatic rings. The fraction of sp³-hybridized carbons (Fsp3) is 1.00. The molecule has 5 heteroatoms. The van der Waals surface area contributed by atoms with Gasteiger partial charge in [0.1, 0.15) is 0 Å². The van der Waals surface area contributed by atoms with E-state index in [4.69, 9.17) is 10.9 Å². The highest BCUT2D eigenvalue weighted by Gasteiger charge is 2.55. The van der Waals surface area contributed by atoms with Crippen LogP contribution in [0.3, 0.4) is 0 Å². The molecule has 3 unspecified atom stereocenters. The highest BCUT2D eigenvalue weighted by Crippen LogP contribution is 2.52. The molecule has 0 spiro atoms. The summed E-state index contributed by atoms with van der Waals surface area (Å²) in [5.41, 5.74) is 5.90. The van der Waals surface area contributed by atoms with Gasteiger partial charge in [0.05, 0.1) is 5.25 Å². The van der Waals surface area contributed by atoms with Gasteiger partial charge in [-0.3, -0.25) is 0 Å². The van der Waals surface area contributed by atoms with Gasteiger partial charge in [0.2, 0.25) is 10.0 Å². The van der Waals surface area contributed by atoms with Crippen LogP contribution in [0.4, 0.5) is 0 Å². The zero-order valence-corrected chi connectivity index (χ0v) is 7.68. The van der Waals surface area contributed by atoms with Crippen LogP contribution in [0, 0.1) is 5.92 Å². The Balaban J connectivity index is 2.08. The molecule has 0 aliphatic heterocycles. The first-order chi connectivity index (χ1) is 5.42. The van der Waals surface area contributed by atoms with E-state index in [2.05, 4.69) is 0 Å². The smallest absolute Gasteiger partial charge is 0.211 e. The quantitative estimate of drug-likeness (QED) is 0.587. The lowest BCUT2D eigenvalue weighted by Gasteiger charge is -2.23. The Morgan fingerprint density at radius 3 is 2.58 bits per heavy atom. The van der Waals surface area contributed by atoms with Crippen molar-refractivity contribution < 1.29 is 8.42 Å². The number of hydrogen-bond acceptors (Lipinski definition) is 3. The summed E-state index contributed by atoms with van der Waals surface area (Å²) in [6.07, 6.45) is 3.12. The molecule has 4 nitrogen and oxygen atoms in total. The highest BCUT2D eigenvalue weighted by molar-refractivity contribution is 7.89. The summed E-state index contributed by atoms with van der Waals surface area (Å²) in [4.78, 5) is 0. The molecule has 12 heavy (non-hydrogen) atoms. The second kappa shape index (κ2) is 2.21. The van der Waals surface area contributed by atoms with Gasteiger partial charge in [-0.2, -0.15) is 0 Å². The lowest BCUT2D eigenvalue weighted by Crippen LogP contribution is -2.38.